The van der Waals surface area contributed by atoms with Gasteiger partial charge in [0.1, 0.15) is 54.9 Å². The summed E-state index contributed by atoms with van der Waals surface area (Å²) in [4.78, 5) is 13.0. The molecule has 2 fully saturated rings. The van der Waals surface area contributed by atoms with Crippen LogP contribution in [0, 0.1) is 0 Å². The quantitative estimate of drug-likeness (QED) is 0.0180. The van der Waals surface area contributed by atoms with Gasteiger partial charge in [-0.3, -0.25) is 4.79 Å². The monoisotopic (exact) mass is 973 g/mol. The predicted molar refractivity (Wildman–Crippen MR) is 270 cm³/mol. The Hall–Kier alpha value is -3.35. The van der Waals surface area contributed by atoms with Gasteiger partial charge in [-0.2, -0.15) is 0 Å². The molecule has 11 atom stereocenters. The van der Waals surface area contributed by atoms with E-state index >= 15 is 0 Å². The number of aliphatic hydroxyl groups excluding tert-OH is 7. The zero-order valence-corrected chi connectivity index (χ0v) is 41.5. The van der Waals surface area contributed by atoms with Crippen LogP contribution in [0.3, 0.4) is 0 Å². The first kappa shape index (κ1) is 61.8. The normalized spacial score (nSPS) is 26.6. The summed E-state index contributed by atoms with van der Waals surface area (Å²) >= 11 is 0. The highest BCUT2D eigenvalue weighted by Crippen LogP contribution is 2.26. The van der Waals surface area contributed by atoms with Crippen molar-refractivity contribution in [3.63, 3.8) is 0 Å². The molecule has 0 amide bonds. The Morgan fingerprint density at radius 1 is 0.478 bits per heavy atom. The molecule has 7 N–H and O–H groups in total. The van der Waals surface area contributed by atoms with Crippen LogP contribution in [-0.4, -0.2) is 142 Å². The maximum absolute atomic E-state index is 13.0. The highest BCUT2D eigenvalue weighted by molar-refractivity contribution is 5.69. The molecule has 2 saturated heterocycles. The van der Waals surface area contributed by atoms with E-state index in [4.69, 9.17) is 28.4 Å². The lowest BCUT2D eigenvalue weighted by Gasteiger charge is -2.42. The van der Waals surface area contributed by atoms with Crippen molar-refractivity contribution in [3.8, 4) is 0 Å². The molecular formula is C55H88O14. The number of carbonyl (C=O) groups is 1. The second-order valence-electron chi connectivity index (χ2n) is 17.2. The first-order valence-corrected chi connectivity index (χ1v) is 25.5. The Morgan fingerprint density at radius 3 is 1.41 bits per heavy atom. The topological polar surface area (TPSA) is 214 Å². The van der Waals surface area contributed by atoms with Gasteiger partial charge in [-0.05, 0) is 83.5 Å². The molecule has 11 unspecified atom stereocenters. The van der Waals surface area contributed by atoms with Crippen LogP contribution >= 0.6 is 0 Å². The Bertz CT molecular complexity index is 1550. The van der Waals surface area contributed by atoms with Crippen LogP contribution in [-0.2, 0) is 33.2 Å². The molecule has 69 heavy (non-hydrogen) atoms. The molecule has 2 aliphatic rings. The number of hydrogen-bond donors (Lipinski definition) is 7. The van der Waals surface area contributed by atoms with Gasteiger partial charge in [0.05, 0.1) is 26.4 Å². The maximum Gasteiger partial charge on any atom is 0.306 e. The summed E-state index contributed by atoms with van der Waals surface area (Å²) in [7, 11) is 0. The minimum Gasteiger partial charge on any atom is -0.457 e. The number of unbranched alkanes of at least 4 members (excludes halogenated alkanes) is 6. The molecular weight excluding hydrogens is 885 g/mol. The zero-order chi connectivity index (χ0) is 50.2. The Kier molecular flexibility index (Phi) is 37.0. The molecule has 0 aromatic heterocycles. The molecule has 392 valence electrons. The summed E-state index contributed by atoms with van der Waals surface area (Å²) in [6, 6.07) is 0. The third-order valence-electron chi connectivity index (χ3n) is 11.3. The van der Waals surface area contributed by atoms with Crippen LogP contribution in [0.25, 0.3) is 0 Å². The molecule has 0 radical (unpaired) electrons. The first-order chi connectivity index (χ1) is 33.6. The molecule has 2 heterocycles. The predicted octanol–water partition coefficient (Wildman–Crippen LogP) is 7.62. The van der Waals surface area contributed by atoms with Gasteiger partial charge < -0.3 is 64.2 Å². The Labute approximate surface area is 413 Å². The average Bonchev–Trinajstić information content (AvgIpc) is 3.35. The van der Waals surface area contributed by atoms with Crippen LogP contribution in [0.15, 0.2) is 109 Å². The van der Waals surface area contributed by atoms with Crippen molar-refractivity contribution in [2.45, 2.75) is 197 Å². The second-order valence-corrected chi connectivity index (χ2v) is 17.2. The second kappa shape index (κ2) is 41.3. The van der Waals surface area contributed by atoms with E-state index in [1.165, 1.54) is 6.42 Å². The van der Waals surface area contributed by atoms with Gasteiger partial charge in [0.25, 0.3) is 0 Å². The Balaban J connectivity index is 1.82. The van der Waals surface area contributed by atoms with Gasteiger partial charge in [-0.25, -0.2) is 0 Å². The van der Waals surface area contributed by atoms with Gasteiger partial charge in [-0.15, -0.1) is 0 Å². The van der Waals surface area contributed by atoms with E-state index in [-0.39, 0.29) is 19.6 Å². The van der Waals surface area contributed by atoms with E-state index in [0.29, 0.717) is 13.0 Å². The number of rotatable bonds is 38. The van der Waals surface area contributed by atoms with Crippen molar-refractivity contribution in [3.05, 3.63) is 109 Å². The fourth-order valence-electron chi connectivity index (χ4n) is 7.21. The standard InChI is InChI=1S/C55H88O14/c1-3-5-7-9-11-13-15-17-19-21-22-23-24-26-28-30-32-34-36-38-47(57)67-44(41-64-39-37-35-33-31-29-27-25-20-18-16-14-12-10-8-6-4-2)42-65-54-53(63)51(61)49(59)46(69-54)43-66-55-52(62)50(60)48(58)45(40-56)68-55/h5-8,11-14,17-20,22-23,26,28,32,34,44-46,48-56,58-63H,3-4,9-10,15-16,21,24-25,27,29-31,33,35-43H2,1-2H3/b7-5-,8-6-,13-11-,14-12-,19-17-,20-18-,23-22-,28-26-,34-32-. The fourth-order valence-corrected chi connectivity index (χ4v) is 7.21. The van der Waals surface area contributed by atoms with Crippen molar-refractivity contribution in [2.75, 3.05) is 33.0 Å². The van der Waals surface area contributed by atoms with Gasteiger partial charge in [0.2, 0.25) is 0 Å². The van der Waals surface area contributed by atoms with Crippen LogP contribution in [0.4, 0.5) is 0 Å². The summed E-state index contributed by atoms with van der Waals surface area (Å²) in [5, 5.41) is 72.1. The SMILES string of the molecule is CC/C=C\C/C=C\C/C=C\C/C=C\C/C=C\C/C=C\CCC(=O)OC(COCCCCCCCC/C=C\C/C=C\C/C=C\CC)COC1OC(COC2OC(CO)C(O)C(O)C2O)C(O)C(O)C1O. The van der Waals surface area contributed by atoms with Crippen molar-refractivity contribution < 1.29 is 69.0 Å². The summed E-state index contributed by atoms with van der Waals surface area (Å²) in [6.07, 6.45) is 38.8. The van der Waals surface area contributed by atoms with Crippen molar-refractivity contribution >= 4 is 5.97 Å². The molecule has 2 aliphatic heterocycles. The van der Waals surface area contributed by atoms with Crippen molar-refractivity contribution in [1.82, 2.24) is 0 Å². The first-order valence-electron chi connectivity index (χ1n) is 25.5. The minimum absolute atomic E-state index is 0.0141. The molecule has 0 aliphatic carbocycles. The third kappa shape index (κ3) is 28.9. The number of ether oxygens (including phenoxy) is 6. The van der Waals surface area contributed by atoms with Gasteiger partial charge in [0, 0.05) is 13.0 Å². The lowest BCUT2D eigenvalue weighted by molar-refractivity contribution is -0.332. The summed E-state index contributed by atoms with van der Waals surface area (Å²) in [6.45, 7) is 3.29. The van der Waals surface area contributed by atoms with E-state index in [1.54, 1.807) is 0 Å². The lowest BCUT2D eigenvalue weighted by atomic mass is 9.98. The summed E-state index contributed by atoms with van der Waals surface area (Å²) in [5.74, 6) is -0.468. The minimum atomic E-state index is -1.73. The maximum atomic E-state index is 13.0. The summed E-state index contributed by atoms with van der Waals surface area (Å²) < 4.78 is 34.1. The average molecular weight is 973 g/mol. The van der Waals surface area contributed by atoms with Crippen molar-refractivity contribution in [1.29, 1.82) is 0 Å². The van der Waals surface area contributed by atoms with E-state index in [2.05, 4.69) is 111 Å². The highest BCUT2D eigenvalue weighted by atomic mass is 16.7. The smallest absolute Gasteiger partial charge is 0.306 e. The van der Waals surface area contributed by atoms with Gasteiger partial charge >= 0.3 is 5.97 Å². The molecule has 14 heteroatoms. The molecule has 0 aromatic rings. The molecule has 0 bridgehead atoms. The molecule has 2 rings (SSSR count). The van der Waals surface area contributed by atoms with Crippen LogP contribution in [0.2, 0.25) is 0 Å². The Morgan fingerprint density at radius 2 is 0.899 bits per heavy atom. The number of carbonyl (C=O) groups excluding carboxylic acids is 1. The number of allylic oxidation sites excluding steroid dienone is 18. The van der Waals surface area contributed by atoms with E-state index in [1.807, 2.05) is 12.2 Å². The number of esters is 1. The number of aliphatic hydroxyl groups is 7. The zero-order valence-electron chi connectivity index (χ0n) is 41.5. The largest absolute Gasteiger partial charge is 0.457 e. The lowest BCUT2D eigenvalue weighted by Crippen LogP contribution is -2.61. The third-order valence-corrected chi connectivity index (χ3v) is 11.3. The van der Waals surface area contributed by atoms with Crippen LogP contribution < -0.4 is 0 Å². The summed E-state index contributed by atoms with van der Waals surface area (Å²) in [5.41, 5.74) is 0. The molecule has 0 spiro atoms. The number of hydrogen-bond acceptors (Lipinski definition) is 14. The fraction of sp³-hybridized carbons (Fsp3) is 0.655. The van der Waals surface area contributed by atoms with Crippen molar-refractivity contribution in [2.24, 2.45) is 0 Å². The molecule has 14 nitrogen and oxygen atoms in total. The van der Waals surface area contributed by atoms with Crippen LogP contribution in [0.5, 0.6) is 0 Å². The molecule has 0 saturated carbocycles. The van der Waals surface area contributed by atoms with E-state index < -0.39 is 86.7 Å². The highest BCUT2D eigenvalue weighted by Gasteiger charge is 2.47. The van der Waals surface area contributed by atoms with E-state index in [9.17, 15) is 40.5 Å². The van der Waals surface area contributed by atoms with Gasteiger partial charge in [0.15, 0.2) is 12.6 Å². The van der Waals surface area contributed by atoms with E-state index in [0.717, 1.165) is 96.3 Å². The van der Waals surface area contributed by atoms with Gasteiger partial charge in [-0.1, -0.05) is 149 Å². The molecule has 0 aromatic carbocycles. The van der Waals surface area contributed by atoms with Crippen LogP contribution in [0.1, 0.15) is 129 Å².